The summed E-state index contributed by atoms with van der Waals surface area (Å²) in [5.74, 6) is 0. The van der Waals surface area contributed by atoms with Crippen molar-refractivity contribution in [1.29, 1.82) is 0 Å². The predicted octanol–water partition coefficient (Wildman–Crippen LogP) is 3.26. The number of rotatable bonds is 3. The van der Waals surface area contributed by atoms with E-state index in [2.05, 4.69) is 5.32 Å². The van der Waals surface area contributed by atoms with Crippen molar-refractivity contribution in [2.24, 2.45) is 5.41 Å². The third kappa shape index (κ3) is 2.85. The van der Waals surface area contributed by atoms with Gasteiger partial charge in [-0.2, -0.15) is 0 Å². The standard InChI is InChI=1S/C15H27NO/c1-2-8-15(7-1)9-5-13(6-10-15)16-12-14-4-3-11-17-14/h13-14,16H,1-12H2. The van der Waals surface area contributed by atoms with Gasteiger partial charge < -0.3 is 10.1 Å². The van der Waals surface area contributed by atoms with Crippen LogP contribution in [0.25, 0.3) is 0 Å². The van der Waals surface area contributed by atoms with Crippen molar-refractivity contribution in [2.75, 3.05) is 13.2 Å². The average Bonchev–Trinajstić information content (AvgIpc) is 3.01. The van der Waals surface area contributed by atoms with Crippen LogP contribution in [0.4, 0.5) is 0 Å². The third-order valence-electron chi connectivity index (χ3n) is 5.37. The van der Waals surface area contributed by atoms with Crippen LogP contribution in [0.5, 0.6) is 0 Å². The zero-order valence-corrected chi connectivity index (χ0v) is 11.0. The Bertz CT molecular complexity index is 229. The summed E-state index contributed by atoms with van der Waals surface area (Å²) in [5.41, 5.74) is 0.780. The summed E-state index contributed by atoms with van der Waals surface area (Å²) in [4.78, 5) is 0. The summed E-state index contributed by atoms with van der Waals surface area (Å²) in [7, 11) is 0. The van der Waals surface area contributed by atoms with E-state index in [0.717, 1.165) is 24.6 Å². The predicted molar refractivity (Wildman–Crippen MR) is 70.1 cm³/mol. The van der Waals surface area contributed by atoms with E-state index in [9.17, 15) is 0 Å². The topological polar surface area (TPSA) is 21.3 Å². The van der Waals surface area contributed by atoms with Crippen LogP contribution >= 0.6 is 0 Å². The van der Waals surface area contributed by atoms with E-state index in [1.807, 2.05) is 0 Å². The van der Waals surface area contributed by atoms with Crippen molar-refractivity contribution in [3.63, 3.8) is 0 Å². The Kier molecular flexibility index (Phi) is 3.72. The van der Waals surface area contributed by atoms with Gasteiger partial charge in [-0.3, -0.25) is 0 Å². The van der Waals surface area contributed by atoms with Crippen LogP contribution in [0, 0.1) is 5.41 Å². The monoisotopic (exact) mass is 237 g/mol. The molecule has 1 saturated heterocycles. The summed E-state index contributed by atoms with van der Waals surface area (Å²) >= 11 is 0. The first-order valence-electron chi connectivity index (χ1n) is 7.71. The van der Waals surface area contributed by atoms with Crippen LogP contribution in [-0.4, -0.2) is 25.3 Å². The van der Waals surface area contributed by atoms with E-state index in [-0.39, 0.29) is 0 Å². The minimum absolute atomic E-state index is 0.511. The Morgan fingerprint density at radius 3 is 2.35 bits per heavy atom. The van der Waals surface area contributed by atoms with Crippen LogP contribution in [0.15, 0.2) is 0 Å². The van der Waals surface area contributed by atoms with Gasteiger partial charge in [0.25, 0.3) is 0 Å². The fourth-order valence-corrected chi connectivity index (χ4v) is 4.16. The van der Waals surface area contributed by atoms with Crippen molar-refractivity contribution < 1.29 is 4.74 Å². The SMILES string of the molecule is C1COC(CNC2CCC3(CCCC3)CC2)C1. The molecular weight excluding hydrogens is 210 g/mol. The lowest BCUT2D eigenvalue weighted by molar-refractivity contribution is 0.0997. The first-order chi connectivity index (χ1) is 8.36. The van der Waals surface area contributed by atoms with E-state index >= 15 is 0 Å². The van der Waals surface area contributed by atoms with Gasteiger partial charge in [0, 0.05) is 19.2 Å². The average molecular weight is 237 g/mol. The Labute approximate surface area is 105 Å². The zero-order valence-electron chi connectivity index (χ0n) is 11.0. The van der Waals surface area contributed by atoms with Gasteiger partial charge in [-0.05, 0) is 56.8 Å². The van der Waals surface area contributed by atoms with Crippen LogP contribution in [-0.2, 0) is 4.74 Å². The summed E-state index contributed by atoms with van der Waals surface area (Å²) in [6.07, 6.45) is 14.9. The van der Waals surface area contributed by atoms with Crippen molar-refractivity contribution >= 4 is 0 Å². The van der Waals surface area contributed by atoms with Gasteiger partial charge in [0.2, 0.25) is 0 Å². The maximum atomic E-state index is 5.67. The zero-order chi connectivity index (χ0) is 11.6. The summed E-state index contributed by atoms with van der Waals surface area (Å²) in [6.45, 7) is 2.08. The molecule has 3 fully saturated rings. The molecule has 2 saturated carbocycles. The Morgan fingerprint density at radius 1 is 0.941 bits per heavy atom. The molecule has 98 valence electrons. The summed E-state index contributed by atoms with van der Waals surface area (Å²) in [5, 5.41) is 3.74. The molecule has 1 heterocycles. The lowest BCUT2D eigenvalue weighted by atomic mass is 9.71. The Hall–Kier alpha value is -0.0800. The molecule has 2 heteroatoms. The van der Waals surface area contributed by atoms with Crippen molar-refractivity contribution in [3.05, 3.63) is 0 Å². The maximum absolute atomic E-state index is 5.67. The van der Waals surface area contributed by atoms with Gasteiger partial charge in [-0.15, -0.1) is 0 Å². The highest BCUT2D eigenvalue weighted by Gasteiger charge is 2.37. The van der Waals surface area contributed by atoms with Crippen LogP contribution in [0.3, 0.4) is 0 Å². The van der Waals surface area contributed by atoms with E-state index in [0.29, 0.717) is 6.10 Å². The third-order valence-corrected chi connectivity index (χ3v) is 5.37. The van der Waals surface area contributed by atoms with Crippen LogP contribution in [0.2, 0.25) is 0 Å². The molecule has 0 aromatic carbocycles. The van der Waals surface area contributed by atoms with Crippen molar-refractivity contribution in [3.8, 4) is 0 Å². The second-order valence-electron chi connectivity index (χ2n) is 6.52. The van der Waals surface area contributed by atoms with Crippen molar-refractivity contribution in [2.45, 2.75) is 76.4 Å². The van der Waals surface area contributed by atoms with E-state index in [1.54, 1.807) is 0 Å². The van der Waals surface area contributed by atoms with E-state index in [1.165, 1.54) is 64.2 Å². The second-order valence-corrected chi connectivity index (χ2v) is 6.52. The van der Waals surface area contributed by atoms with Crippen molar-refractivity contribution in [1.82, 2.24) is 5.32 Å². The molecule has 1 spiro atoms. The highest BCUT2D eigenvalue weighted by molar-refractivity contribution is 4.91. The highest BCUT2D eigenvalue weighted by atomic mass is 16.5. The fraction of sp³-hybridized carbons (Fsp3) is 1.00. The molecule has 2 aliphatic carbocycles. The molecule has 3 aliphatic rings. The smallest absolute Gasteiger partial charge is 0.0700 e. The highest BCUT2D eigenvalue weighted by Crippen LogP contribution is 2.48. The minimum atomic E-state index is 0.511. The quantitative estimate of drug-likeness (QED) is 0.813. The normalized spacial score (nSPS) is 33.5. The number of nitrogens with one attached hydrogen (secondary N) is 1. The van der Waals surface area contributed by atoms with Crippen LogP contribution in [0.1, 0.15) is 64.2 Å². The van der Waals surface area contributed by atoms with Gasteiger partial charge in [0.1, 0.15) is 0 Å². The molecule has 17 heavy (non-hydrogen) atoms. The Morgan fingerprint density at radius 2 is 1.71 bits per heavy atom. The molecule has 0 aromatic heterocycles. The van der Waals surface area contributed by atoms with Gasteiger partial charge in [-0.25, -0.2) is 0 Å². The fourth-order valence-electron chi connectivity index (χ4n) is 4.16. The number of hydrogen-bond donors (Lipinski definition) is 1. The molecule has 0 aromatic rings. The van der Waals surface area contributed by atoms with Gasteiger partial charge in [0.15, 0.2) is 0 Å². The molecule has 2 nitrogen and oxygen atoms in total. The van der Waals surface area contributed by atoms with Gasteiger partial charge in [-0.1, -0.05) is 12.8 Å². The molecule has 1 aliphatic heterocycles. The van der Waals surface area contributed by atoms with E-state index in [4.69, 9.17) is 4.74 Å². The summed E-state index contributed by atoms with van der Waals surface area (Å²) < 4.78 is 5.67. The minimum Gasteiger partial charge on any atom is -0.377 e. The van der Waals surface area contributed by atoms with E-state index < -0.39 is 0 Å². The lowest BCUT2D eigenvalue weighted by Crippen LogP contribution is -2.40. The largest absolute Gasteiger partial charge is 0.377 e. The molecule has 0 amide bonds. The molecule has 0 radical (unpaired) electrons. The second kappa shape index (κ2) is 5.27. The number of ether oxygens (including phenoxy) is 1. The van der Waals surface area contributed by atoms with Gasteiger partial charge in [0.05, 0.1) is 6.10 Å². The first-order valence-corrected chi connectivity index (χ1v) is 7.71. The molecule has 1 N–H and O–H groups in total. The van der Waals surface area contributed by atoms with Gasteiger partial charge >= 0.3 is 0 Å². The molecular formula is C15H27NO. The lowest BCUT2D eigenvalue weighted by Gasteiger charge is -2.37. The molecule has 3 rings (SSSR count). The number of hydrogen-bond acceptors (Lipinski definition) is 2. The maximum Gasteiger partial charge on any atom is 0.0700 e. The molecule has 1 unspecified atom stereocenters. The van der Waals surface area contributed by atoms with Crippen LogP contribution < -0.4 is 5.32 Å². The molecule has 0 bridgehead atoms. The molecule has 1 atom stereocenters. The summed E-state index contributed by atoms with van der Waals surface area (Å²) in [6, 6.07) is 0.783. The Balaban J connectivity index is 1.39. The first kappa shape index (κ1) is 12.0.